The number of carbonyl (C=O) groups excluding carboxylic acids is 1. The Morgan fingerprint density at radius 3 is 2.60 bits per heavy atom. The zero-order chi connectivity index (χ0) is 20.9. The zero-order valence-electron chi connectivity index (χ0n) is 17.1. The van der Waals surface area contributed by atoms with E-state index in [1.54, 1.807) is 6.20 Å². The normalized spacial score (nSPS) is 11.0. The van der Waals surface area contributed by atoms with Crippen LogP contribution in [0.15, 0.2) is 72.0 Å². The Hall–Kier alpha value is -3.12. The average Bonchev–Trinajstić information content (AvgIpc) is 3.23. The lowest BCUT2D eigenvalue weighted by molar-refractivity contribution is -0.113. The maximum absolute atomic E-state index is 12.4. The van der Waals surface area contributed by atoms with Gasteiger partial charge in [0.15, 0.2) is 0 Å². The van der Waals surface area contributed by atoms with Gasteiger partial charge in [-0.2, -0.15) is 5.10 Å². The van der Waals surface area contributed by atoms with Crippen LogP contribution in [0.2, 0.25) is 0 Å². The number of aromatic nitrogens is 3. The molecule has 0 saturated carbocycles. The van der Waals surface area contributed by atoms with Crippen LogP contribution in [0.1, 0.15) is 25.0 Å². The zero-order valence-corrected chi connectivity index (χ0v) is 17.9. The van der Waals surface area contributed by atoms with Gasteiger partial charge >= 0.3 is 0 Å². The molecule has 0 spiro atoms. The number of carbonyl (C=O) groups is 1. The van der Waals surface area contributed by atoms with Crippen molar-refractivity contribution in [3.8, 4) is 11.3 Å². The Morgan fingerprint density at radius 1 is 1.03 bits per heavy atom. The monoisotopic (exact) mass is 416 g/mol. The van der Waals surface area contributed by atoms with Crippen molar-refractivity contribution in [2.45, 2.75) is 31.7 Å². The van der Waals surface area contributed by atoms with Crippen LogP contribution < -0.4 is 5.32 Å². The molecule has 4 aromatic rings. The molecule has 0 fully saturated rings. The van der Waals surface area contributed by atoms with Crippen molar-refractivity contribution in [3.63, 3.8) is 0 Å². The van der Waals surface area contributed by atoms with E-state index in [-0.39, 0.29) is 11.7 Å². The van der Waals surface area contributed by atoms with Crippen LogP contribution in [0.4, 0.5) is 5.69 Å². The van der Waals surface area contributed by atoms with Crippen molar-refractivity contribution in [3.05, 3.63) is 78.1 Å². The highest BCUT2D eigenvalue weighted by molar-refractivity contribution is 8.00. The second kappa shape index (κ2) is 9.13. The number of fused-ring (bicyclic) bond motifs is 1. The van der Waals surface area contributed by atoms with Gasteiger partial charge in [0.1, 0.15) is 5.03 Å². The largest absolute Gasteiger partial charge is 0.325 e. The maximum Gasteiger partial charge on any atom is 0.234 e. The van der Waals surface area contributed by atoms with Gasteiger partial charge in [0.2, 0.25) is 5.91 Å². The molecule has 1 amide bonds. The lowest BCUT2D eigenvalue weighted by Gasteiger charge is -2.07. The number of nitrogens with zero attached hydrogens (tertiary/aromatic N) is 3. The van der Waals surface area contributed by atoms with E-state index in [1.807, 2.05) is 35.0 Å². The number of aryl methyl sites for hydroxylation is 2. The standard InChI is InChI=1S/C24H24N4OS/c1-3-17-8-10-19(11-9-17)21-15-22-24(25-12-13-28(22)27-21)30-16-23(29)26-20-7-5-6-18(4-2)14-20/h5-15H,3-4,16H2,1-2H3,(H,26,29). The third kappa shape index (κ3) is 4.54. The van der Waals surface area contributed by atoms with Crippen molar-refractivity contribution in [1.29, 1.82) is 0 Å². The molecule has 4 rings (SSSR count). The summed E-state index contributed by atoms with van der Waals surface area (Å²) in [6.07, 6.45) is 5.50. The van der Waals surface area contributed by atoms with Crippen LogP contribution in [0.25, 0.3) is 16.8 Å². The molecule has 5 nitrogen and oxygen atoms in total. The summed E-state index contributed by atoms with van der Waals surface area (Å²) < 4.78 is 1.82. The fourth-order valence-corrected chi connectivity index (χ4v) is 4.04. The highest BCUT2D eigenvalue weighted by atomic mass is 32.2. The summed E-state index contributed by atoms with van der Waals surface area (Å²) in [6, 6.07) is 18.4. The number of amides is 1. The van der Waals surface area contributed by atoms with Crippen molar-refractivity contribution >= 4 is 28.9 Å². The first-order valence-corrected chi connectivity index (χ1v) is 11.1. The Morgan fingerprint density at radius 2 is 1.83 bits per heavy atom. The number of nitrogens with one attached hydrogen (secondary N) is 1. The van der Waals surface area contributed by atoms with Gasteiger partial charge in [-0.15, -0.1) is 0 Å². The minimum absolute atomic E-state index is 0.0491. The van der Waals surface area contributed by atoms with Crippen LogP contribution >= 0.6 is 11.8 Å². The molecule has 0 aliphatic rings. The molecular formula is C24H24N4OS. The number of anilines is 1. The third-order valence-electron chi connectivity index (χ3n) is 4.97. The van der Waals surface area contributed by atoms with Gasteiger partial charge in [-0.05, 0) is 42.2 Å². The molecule has 2 heterocycles. The van der Waals surface area contributed by atoms with E-state index in [4.69, 9.17) is 0 Å². The molecule has 30 heavy (non-hydrogen) atoms. The molecule has 6 heteroatoms. The van der Waals surface area contributed by atoms with E-state index in [9.17, 15) is 4.79 Å². The van der Waals surface area contributed by atoms with Gasteiger partial charge in [0.25, 0.3) is 0 Å². The molecule has 2 aromatic heterocycles. The van der Waals surface area contributed by atoms with Crippen molar-refractivity contribution in [2.24, 2.45) is 0 Å². The number of rotatable bonds is 7. The molecule has 0 bridgehead atoms. The minimum atomic E-state index is -0.0491. The maximum atomic E-state index is 12.4. The van der Waals surface area contributed by atoms with Crippen LogP contribution in [-0.4, -0.2) is 26.3 Å². The third-order valence-corrected chi connectivity index (χ3v) is 5.97. The van der Waals surface area contributed by atoms with E-state index >= 15 is 0 Å². The topological polar surface area (TPSA) is 59.3 Å². The Bertz CT molecular complexity index is 1170. The highest BCUT2D eigenvalue weighted by Crippen LogP contribution is 2.26. The summed E-state index contributed by atoms with van der Waals surface area (Å²) in [5, 5.41) is 8.43. The van der Waals surface area contributed by atoms with E-state index in [0.717, 1.165) is 40.3 Å². The minimum Gasteiger partial charge on any atom is -0.325 e. The lowest BCUT2D eigenvalue weighted by atomic mass is 10.1. The molecule has 2 aromatic carbocycles. The van der Waals surface area contributed by atoms with Crippen LogP contribution in [0.5, 0.6) is 0 Å². The van der Waals surface area contributed by atoms with Gasteiger partial charge in [-0.1, -0.05) is 62.0 Å². The summed E-state index contributed by atoms with van der Waals surface area (Å²) in [5.74, 6) is 0.237. The fourth-order valence-electron chi connectivity index (χ4n) is 3.26. The molecule has 1 N–H and O–H groups in total. The summed E-state index contributed by atoms with van der Waals surface area (Å²) in [5.41, 5.74) is 6.20. The van der Waals surface area contributed by atoms with E-state index in [2.05, 4.69) is 59.6 Å². The second-order valence-electron chi connectivity index (χ2n) is 7.03. The quantitative estimate of drug-likeness (QED) is 0.418. The molecule has 0 radical (unpaired) electrons. The number of benzene rings is 2. The SMILES string of the molecule is CCc1ccc(-c2cc3c(SCC(=O)Nc4cccc(CC)c4)nccn3n2)cc1. The predicted octanol–water partition coefficient (Wildman–Crippen LogP) is 5.25. The number of hydrogen-bond acceptors (Lipinski definition) is 4. The Balaban J connectivity index is 1.48. The van der Waals surface area contributed by atoms with E-state index in [0.29, 0.717) is 0 Å². The predicted molar refractivity (Wildman–Crippen MR) is 123 cm³/mol. The summed E-state index contributed by atoms with van der Waals surface area (Å²) in [6.45, 7) is 4.24. The smallest absolute Gasteiger partial charge is 0.234 e. The lowest BCUT2D eigenvalue weighted by Crippen LogP contribution is -2.14. The van der Waals surface area contributed by atoms with Gasteiger partial charge in [0, 0.05) is 23.6 Å². The first kappa shape index (κ1) is 20.2. The summed E-state index contributed by atoms with van der Waals surface area (Å²) in [4.78, 5) is 16.9. The molecular weight excluding hydrogens is 392 g/mol. The summed E-state index contributed by atoms with van der Waals surface area (Å²) in [7, 11) is 0. The van der Waals surface area contributed by atoms with Crippen molar-refractivity contribution in [2.75, 3.05) is 11.1 Å². The fraction of sp³-hybridized carbons (Fsp3) is 0.208. The van der Waals surface area contributed by atoms with Crippen LogP contribution in [0.3, 0.4) is 0 Å². The first-order chi connectivity index (χ1) is 14.7. The second-order valence-corrected chi connectivity index (χ2v) is 8.00. The summed E-state index contributed by atoms with van der Waals surface area (Å²) >= 11 is 1.42. The van der Waals surface area contributed by atoms with Gasteiger partial charge in [-0.25, -0.2) is 9.50 Å². The van der Waals surface area contributed by atoms with Crippen LogP contribution in [-0.2, 0) is 17.6 Å². The van der Waals surface area contributed by atoms with Crippen molar-refractivity contribution in [1.82, 2.24) is 14.6 Å². The molecule has 0 aliphatic carbocycles. The number of thioether (sulfide) groups is 1. The van der Waals surface area contributed by atoms with Crippen molar-refractivity contribution < 1.29 is 4.79 Å². The highest BCUT2D eigenvalue weighted by Gasteiger charge is 2.12. The Kier molecular flexibility index (Phi) is 6.14. The van der Waals surface area contributed by atoms with E-state index < -0.39 is 0 Å². The van der Waals surface area contributed by atoms with Gasteiger partial charge in [0.05, 0.1) is 17.0 Å². The molecule has 0 aliphatic heterocycles. The van der Waals surface area contributed by atoms with Crippen LogP contribution in [0, 0.1) is 0 Å². The van der Waals surface area contributed by atoms with E-state index in [1.165, 1.54) is 22.9 Å². The average molecular weight is 417 g/mol. The molecule has 152 valence electrons. The van der Waals surface area contributed by atoms with Gasteiger partial charge in [-0.3, -0.25) is 4.79 Å². The molecule has 0 atom stereocenters. The molecule has 0 saturated heterocycles. The molecule has 0 unspecified atom stereocenters. The number of hydrogen-bond donors (Lipinski definition) is 1. The Labute approximate surface area is 180 Å². The van der Waals surface area contributed by atoms with Gasteiger partial charge < -0.3 is 5.32 Å². The first-order valence-electron chi connectivity index (χ1n) is 10.1.